The molecule has 1 aliphatic carbocycles. The largest absolute Gasteiger partial charge is 0.351 e. The number of piperidine rings is 1. The Labute approximate surface area is 145 Å². The lowest BCUT2D eigenvalue weighted by molar-refractivity contribution is -0.122. The molecule has 5 nitrogen and oxygen atoms in total. The van der Waals surface area contributed by atoms with E-state index in [1.165, 1.54) is 32.4 Å². The first-order valence-corrected chi connectivity index (χ1v) is 9.31. The van der Waals surface area contributed by atoms with Crippen LogP contribution in [0.15, 0.2) is 24.4 Å². The minimum atomic E-state index is 0.0832. The van der Waals surface area contributed by atoms with E-state index in [0.717, 1.165) is 12.1 Å². The fraction of sp³-hybridized carbons (Fsp3) is 0.684. The van der Waals surface area contributed by atoms with E-state index in [4.69, 9.17) is 0 Å². The third kappa shape index (κ3) is 4.54. The normalized spacial score (nSPS) is 25.5. The average Bonchev–Trinajstić information content (AvgIpc) is 2.58. The Morgan fingerprint density at radius 3 is 2.54 bits per heavy atom. The summed E-state index contributed by atoms with van der Waals surface area (Å²) in [6.45, 7) is 6.90. The summed E-state index contributed by atoms with van der Waals surface area (Å²) in [4.78, 5) is 19.0. The molecule has 132 valence electrons. The first-order valence-electron chi connectivity index (χ1n) is 9.31. The van der Waals surface area contributed by atoms with Crippen molar-refractivity contribution >= 4 is 5.91 Å². The van der Waals surface area contributed by atoms with Gasteiger partial charge in [-0.15, -0.1) is 0 Å². The zero-order chi connectivity index (χ0) is 16.9. The summed E-state index contributed by atoms with van der Waals surface area (Å²) in [5.41, 5.74) is 0.833. The predicted molar refractivity (Wildman–Crippen MR) is 95.8 cm³/mol. The van der Waals surface area contributed by atoms with Crippen LogP contribution in [0.2, 0.25) is 0 Å². The molecular formula is C19H30N4O. The summed E-state index contributed by atoms with van der Waals surface area (Å²) in [5.74, 6) is 0.0832. The topological polar surface area (TPSA) is 57.3 Å². The molecule has 0 unspecified atom stereocenters. The average molecular weight is 330 g/mol. The highest BCUT2D eigenvalue weighted by molar-refractivity contribution is 5.78. The molecule has 2 fully saturated rings. The van der Waals surface area contributed by atoms with Gasteiger partial charge in [0.25, 0.3) is 0 Å². The Kier molecular flexibility index (Phi) is 5.85. The highest BCUT2D eigenvalue weighted by Crippen LogP contribution is 2.23. The molecule has 1 saturated heterocycles. The number of carbonyl (C=O) groups is 1. The molecule has 3 rings (SSSR count). The molecule has 2 N–H and O–H groups in total. The van der Waals surface area contributed by atoms with Crippen LogP contribution in [-0.4, -0.2) is 53.0 Å². The molecule has 2 atom stereocenters. The lowest BCUT2D eigenvalue weighted by Gasteiger charge is -2.42. The van der Waals surface area contributed by atoms with E-state index < -0.39 is 0 Å². The molecule has 2 heterocycles. The third-order valence-electron chi connectivity index (χ3n) is 5.40. The van der Waals surface area contributed by atoms with Crippen LogP contribution >= 0.6 is 0 Å². The standard InChI is InChI=1S/C19H30N4O/c1-14(2)23-11-8-15(9-12-23)21-17-6-7-18(17)22-19(24)13-16-5-3-4-10-20-16/h3-5,10,14-15,17-18,21H,6-9,11-13H2,1-2H3,(H,22,24)/t17-,18+/m1/s1. The van der Waals surface area contributed by atoms with Crippen LogP contribution in [0.4, 0.5) is 0 Å². The number of nitrogens with one attached hydrogen (secondary N) is 2. The Bertz CT molecular complexity index is 525. The zero-order valence-electron chi connectivity index (χ0n) is 14.9. The number of carbonyl (C=O) groups excluding carboxylic acids is 1. The second kappa shape index (κ2) is 8.08. The molecule has 1 saturated carbocycles. The van der Waals surface area contributed by atoms with Gasteiger partial charge in [0.2, 0.25) is 5.91 Å². The van der Waals surface area contributed by atoms with Crippen LogP contribution in [0, 0.1) is 0 Å². The fourth-order valence-corrected chi connectivity index (χ4v) is 3.68. The van der Waals surface area contributed by atoms with Gasteiger partial charge >= 0.3 is 0 Å². The van der Waals surface area contributed by atoms with Crippen molar-refractivity contribution in [1.29, 1.82) is 0 Å². The first kappa shape index (κ1) is 17.4. The van der Waals surface area contributed by atoms with Gasteiger partial charge in [-0.3, -0.25) is 9.78 Å². The molecule has 0 spiro atoms. The number of hydrogen-bond donors (Lipinski definition) is 2. The lowest BCUT2D eigenvalue weighted by atomic mass is 9.84. The minimum absolute atomic E-state index is 0.0832. The predicted octanol–water partition coefficient (Wildman–Crippen LogP) is 1.73. The van der Waals surface area contributed by atoms with Crippen molar-refractivity contribution in [2.45, 2.75) is 70.1 Å². The van der Waals surface area contributed by atoms with Crippen molar-refractivity contribution in [3.63, 3.8) is 0 Å². The van der Waals surface area contributed by atoms with Gasteiger partial charge in [-0.25, -0.2) is 0 Å². The molecule has 0 radical (unpaired) electrons. The maximum absolute atomic E-state index is 12.2. The maximum atomic E-state index is 12.2. The summed E-state index contributed by atoms with van der Waals surface area (Å²) in [6.07, 6.45) is 6.78. The van der Waals surface area contributed by atoms with Gasteiger partial charge in [-0.05, 0) is 64.8 Å². The van der Waals surface area contributed by atoms with Gasteiger partial charge in [-0.1, -0.05) is 6.07 Å². The lowest BCUT2D eigenvalue weighted by Crippen LogP contribution is -2.60. The van der Waals surface area contributed by atoms with Crippen LogP contribution in [-0.2, 0) is 11.2 Å². The third-order valence-corrected chi connectivity index (χ3v) is 5.40. The second-order valence-electron chi connectivity index (χ2n) is 7.43. The Hall–Kier alpha value is -1.46. The van der Waals surface area contributed by atoms with E-state index in [1.807, 2.05) is 18.2 Å². The highest BCUT2D eigenvalue weighted by atomic mass is 16.1. The molecule has 1 aromatic heterocycles. The Morgan fingerprint density at radius 2 is 1.96 bits per heavy atom. The number of aromatic nitrogens is 1. The molecule has 0 aromatic carbocycles. The van der Waals surface area contributed by atoms with Crippen molar-refractivity contribution in [3.05, 3.63) is 30.1 Å². The molecule has 1 amide bonds. The Balaban J connectivity index is 1.40. The molecule has 24 heavy (non-hydrogen) atoms. The van der Waals surface area contributed by atoms with Crippen molar-refractivity contribution < 1.29 is 4.79 Å². The van der Waals surface area contributed by atoms with Gasteiger partial charge in [0, 0.05) is 36.1 Å². The quantitative estimate of drug-likeness (QED) is 0.834. The molecule has 1 aromatic rings. The van der Waals surface area contributed by atoms with E-state index in [9.17, 15) is 4.79 Å². The Morgan fingerprint density at radius 1 is 1.21 bits per heavy atom. The van der Waals surface area contributed by atoms with Crippen molar-refractivity contribution in [2.75, 3.05) is 13.1 Å². The van der Waals surface area contributed by atoms with Gasteiger partial charge in [-0.2, -0.15) is 0 Å². The number of rotatable bonds is 6. The first-order chi connectivity index (χ1) is 11.6. The summed E-state index contributed by atoms with van der Waals surface area (Å²) in [5, 5.41) is 6.96. The molecule has 0 bridgehead atoms. The van der Waals surface area contributed by atoms with Crippen LogP contribution in [0.5, 0.6) is 0 Å². The van der Waals surface area contributed by atoms with E-state index in [1.54, 1.807) is 6.20 Å². The van der Waals surface area contributed by atoms with Crippen molar-refractivity contribution in [2.24, 2.45) is 0 Å². The summed E-state index contributed by atoms with van der Waals surface area (Å²) in [6, 6.07) is 7.66. The fourth-order valence-electron chi connectivity index (χ4n) is 3.68. The number of amides is 1. The van der Waals surface area contributed by atoms with Gasteiger partial charge in [0.15, 0.2) is 0 Å². The number of pyridine rings is 1. The van der Waals surface area contributed by atoms with Gasteiger partial charge < -0.3 is 15.5 Å². The van der Waals surface area contributed by atoms with E-state index in [-0.39, 0.29) is 11.9 Å². The van der Waals surface area contributed by atoms with Gasteiger partial charge in [0.1, 0.15) is 0 Å². The summed E-state index contributed by atoms with van der Waals surface area (Å²) < 4.78 is 0. The second-order valence-corrected chi connectivity index (χ2v) is 7.43. The van der Waals surface area contributed by atoms with Crippen LogP contribution in [0.1, 0.15) is 45.2 Å². The number of nitrogens with zero attached hydrogens (tertiary/aromatic N) is 2. The van der Waals surface area contributed by atoms with Crippen molar-refractivity contribution in [3.8, 4) is 0 Å². The van der Waals surface area contributed by atoms with Crippen LogP contribution in [0.3, 0.4) is 0 Å². The maximum Gasteiger partial charge on any atom is 0.226 e. The van der Waals surface area contributed by atoms with Crippen molar-refractivity contribution in [1.82, 2.24) is 20.5 Å². The molecular weight excluding hydrogens is 300 g/mol. The van der Waals surface area contributed by atoms with Crippen LogP contribution in [0.25, 0.3) is 0 Å². The van der Waals surface area contributed by atoms with Crippen LogP contribution < -0.4 is 10.6 Å². The number of likely N-dealkylation sites (tertiary alicyclic amines) is 1. The minimum Gasteiger partial charge on any atom is -0.351 e. The SMILES string of the molecule is CC(C)N1CCC(N[C@@H]2CC[C@@H]2NC(=O)Cc2ccccn2)CC1. The van der Waals surface area contributed by atoms with Gasteiger partial charge in [0.05, 0.1) is 6.42 Å². The molecule has 2 aliphatic rings. The zero-order valence-corrected chi connectivity index (χ0v) is 14.9. The number of hydrogen-bond acceptors (Lipinski definition) is 4. The summed E-state index contributed by atoms with van der Waals surface area (Å²) in [7, 11) is 0. The monoisotopic (exact) mass is 330 g/mol. The smallest absolute Gasteiger partial charge is 0.226 e. The summed E-state index contributed by atoms with van der Waals surface area (Å²) >= 11 is 0. The highest BCUT2D eigenvalue weighted by Gasteiger charge is 2.34. The van der Waals surface area contributed by atoms with E-state index >= 15 is 0 Å². The van der Waals surface area contributed by atoms with E-state index in [0.29, 0.717) is 24.5 Å². The molecule has 1 aliphatic heterocycles. The molecule has 5 heteroatoms. The van der Waals surface area contributed by atoms with E-state index in [2.05, 4.69) is 34.4 Å².